The predicted octanol–water partition coefficient (Wildman–Crippen LogP) is 3.85. The molecule has 1 heterocycles. The lowest BCUT2D eigenvalue weighted by Crippen LogP contribution is -2.34. The molecule has 4 rings (SSSR count). The standard InChI is InChI=1S/C22H22ClNO5/c23-17-11-15(12-19-21(17)28-10-4-9-27-19)22(26)29-13-20(25)24-18-8-3-6-14-5-1-2-7-16(14)18/h1-2,5,7,11-12,18H,3-4,6,8-10,13H2,(H,24,25)/t18-/m1/s1. The molecule has 1 N–H and O–H groups in total. The zero-order valence-corrected chi connectivity index (χ0v) is 16.7. The summed E-state index contributed by atoms with van der Waals surface area (Å²) in [6.45, 7) is 0.623. The minimum atomic E-state index is -0.637. The zero-order chi connectivity index (χ0) is 20.2. The molecule has 0 saturated heterocycles. The predicted molar refractivity (Wildman–Crippen MR) is 108 cm³/mol. The van der Waals surface area contributed by atoms with Gasteiger partial charge in [0.05, 0.1) is 29.8 Å². The molecule has 0 bridgehead atoms. The van der Waals surface area contributed by atoms with Crippen molar-refractivity contribution >= 4 is 23.5 Å². The molecule has 1 aliphatic carbocycles. The molecular formula is C22H22ClNO5. The molecule has 1 atom stereocenters. The minimum Gasteiger partial charge on any atom is -0.489 e. The first kappa shape index (κ1) is 19.6. The molecule has 6 nitrogen and oxygen atoms in total. The van der Waals surface area contributed by atoms with Crippen LogP contribution in [0.15, 0.2) is 36.4 Å². The van der Waals surface area contributed by atoms with Gasteiger partial charge in [-0.2, -0.15) is 0 Å². The fourth-order valence-electron chi connectivity index (χ4n) is 3.70. The Morgan fingerprint density at radius 2 is 1.97 bits per heavy atom. The molecule has 0 spiro atoms. The SMILES string of the molecule is O=C(COC(=O)c1cc(Cl)c2c(c1)OCCCO2)N[C@@H]1CCCc2ccccc21. The molecule has 0 radical (unpaired) electrons. The third kappa shape index (κ3) is 4.48. The number of carbonyl (C=O) groups excluding carboxylic acids is 2. The summed E-state index contributed by atoms with van der Waals surface area (Å²) in [5.41, 5.74) is 2.60. The van der Waals surface area contributed by atoms with Gasteiger partial charge in [-0.15, -0.1) is 0 Å². The molecular weight excluding hydrogens is 394 g/mol. The molecule has 0 aromatic heterocycles. The molecule has 7 heteroatoms. The summed E-state index contributed by atoms with van der Waals surface area (Å²) < 4.78 is 16.3. The molecule has 1 aliphatic heterocycles. The van der Waals surface area contributed by atoms with Crippen LogP contribution in [0.3, 0.4) is 0 Å². The molecule has 152 valence electrons. The van der Waals surface area contributed by atoms with E-state index in [-0.39, 0.29) is 29.1 Å². The van der Waals surface area contributed by atoms with Crippen LogP contribution in [0.5, 0.6) is 11.5 Å². The lowest BCUT2D eigenvalue weighted by molar-refractivity contribution is -0.125. The molecule has 2 aliphatic rings. The van der Waals surface area contributed by atoms with Gasteiger partial charge in [0.15, 0.2) is 18.1 Å². The van der Waals surface area contributed by atoms with Gasteiger partial charge in [-0.05, 0) is 42.5 Å². The first-order valence-corrected chi connectivity index (χ1v) is 10.1. The number of esters is 1. The summed E-state index contributed by atoms with van der Waals surface area (Å²) >= 11 is 6.21. The number of benzene rings is 2. The lowest BCUT2D eigenvalue weighted by atomic mass is 9.88. The van der Waals surface area contributed by atoms with Crippen LogP contribution >= 0.6 is 11.6 Å². The fourth-order valence-corrected chi connectivity index (χ4v) is 3.97. The smallest absolute Gasteiger partial charge is 0.338 e. The number of nitrogens with one attached hydrogen (secondary N) is 1. The normalized spacial score (nSPS) is 17.6. The van der Waals surface area contributed by atoms with E-state index in [9.17, 15) is 9.59 Å². The van der Waals surface area contributed by atoms with Crippen LogP contribution in [0.4, 0.5) is 0 Å². The first-order valence-electron chi connectivity index (χ1n) is 9.75. The second kappa shape index (κ2) is 8.74. The maximum absolute atomic E-state index is 12.4. The van der Waals surface area contributed by atoms with Gasteiger partial charge >= 0.3 is 5.97 Å². The average Bonchev–Trinajstić information content (AvgIpc) is 2.98. The highest BCUT2D eigenvalue weighted by molar-refractivity contribution is 6.32. The van der Waals surface area contributed by atoms with Crippen molar-refractivity contribution < 1.29 is 23.8 Å². The van der Waals surface area contributed by atoms with Crippen LogP contribution < -0.4 is 14.8 Å². The van der Waals surface area contributed by atoms with Crippen molar-refractivity contribution in [3.05, 3.63) is 58.1 Å². The highest BCUT2D eigenvalue weighted by Crippen LogP contribution is 2.38. The maximum atomic E-state index is 12.4. The molecule has 1 amide bonds. The van der Waals surface area contributed by atoms with Crippen LogP contribution in [0.1, 0.15) is 46.8 Å². The van der Waals surface area contributed by atoms with Crippen molar-refractivity contribution in [2.75, 3.05) is 19.8 Å². The Bertz CT molecular complexity index is 929. The molecule has 0 unspecified atom stereocenters. The van der Waals surface area contributed by atoms with E-state index in [1.165, 1.54) is 17.7 Å². The van der Waals surface area contributed by atoms with E-state index in [2.05, 4.69) is 11.4 Å². The number of hydrogen-bond acceptors (Lipinski definition) is 5. The van der Waals surface area contributed by atoms with Gasteiger partial charge < -0.3 is 19.5 Å². The van der Waals surface area contributed by atoms with Crippen molar-refractivity contribution in [1.29, 1.82) is 0 Å². The quantitative estimate of drug-likeness (QED) is 0.768. The van der Waals surface area contributed by atoms with Crippen LogP contribution in [0.25, 0.3) is 0 Å². The van der Waals surface area contributed by atoms with Gasteiger partial charge in [0.2, 0.25) is 0 Å². The van der Waals surface area contributed by atoms with Crippen molar-refractivity contribution in [2.45, 2.75) is 31.7 Å². The molecule has 0 fully saturated rings. The Balaban J connectivity index is 1.37. The third-order valence-corrected chi connectivity index (χ3v) is 5.36. The van der Waals surface area contributed by atoms with E-state index in [1.54, 1.807) is 0 Å². The van der Waals surface area contributed by atoms with Gasteiger partial charge in [0, 0.05) is 6.42 Å². The number of rotatable bonds is 4. The van der Waals surface area contributed by atoms with E-state index < -0.39 is 5.97 Å². The summed E-state index contributed by atoms with van der Waals surface area (Å²) in [5.74, 6) is -0.137. The average molecular weight is 416 g/mol. The van der Waals surface area contributed by atoms with E-state index >= 15 is 0 Å². The van der Waals surface area contributed by atoms with E-state index in [0.717, 1.165) is 31.2 Å². The Kier molecular flexibility index (Phi) is 5.90. The van der Waals surface area contributed by atoms with Gasteiger partial charge in [0.25, 0.3) is 5.91 Å². The van der Waals surface area contributed by atoms with Crippen molar-refractivity contribution in [2.24, 2.45) is 0 Å². The molecule has 2 aromatic carbocycles. The highest BCUT2D eigenvalue weighted by atomic mass is 35.5. The second-order valence-electron chi connectivity index (χ2n) is 7.12. The number of fused-ring (bicyclic) bond motifs is 2. The second-order valence-corrected chi connectivity index (χ2v) is 7.53. The van der Waals surface area contributed by atoms with E-state index in [0.29, 0.717) is 24.7 Å². The summed E-state index contributed by atoms with van der Waals surface area (Å²) in [4.78, 5) is 24.7. The number of halogens is 1. The number of hydrogen-bond donors (Lipinski definition) is 1. The summed E-state index contributed by atoms with van der Waals surface area (Å²) in [6.07, 6.45) is 3.63. The molecule has 2 aromatic rings. The Labute approximate surface area is 174 Å². The number of ether oxygens (including phenoxy) is 3. The van der Waals surface area contributed by atoms with Gasteiger partial charge in [0.1, 0.15) is 0 Å². The van der Waals surface area contributed by atoms with E-state index in [1.807, 2.05) is 18.2 Å². The van der Waals surface area contributed by atoms with Gasteiger partial charge in [-0.25, -0.2) is 4.79 Å². The van der Waals surface area contributed by atoms with Crippen molar-refractivity contribution in [1.82, 2.24) is 5.32 Å². The summed E-state index contributed by atoms with van der Waals surface area (Å²) in [7, 11) is 0. The maximum Gasteiger partial charge on any atom is 0.338 e. The molecule has 0 saturated carbocycles. The largest absolute Gasteiger partial charge is 0.489 e. The highest BCUT2D eigenvalue weighted by Gasteiger charge is 2.23. The van der Waals surface area contributed by atoms with Gasteiger partial charge in [-0.1, -0.05) is 35.9 Å². The Morgan fingerprint density at radius 3 is 2.86 bits per heavy atom. The Morgan fingerprint density at radius 1 is 1.14 bits per heavy atom. The topological polar surface area (TPSA) is 73.9 Å². The fraction of sp³-hybridized carbons (Fsp3) is 0.364. The first-order chi connectivity index (χ1) is 14.1. The monoisotopic (exact) mass is 415 g/mol. The van der Waals surface area contributed by atoms with Crippen LogP contribution in [-0.2, 0) is 16.0 Å². The number of aryl methyl sites for hydroxylation is 1. The van der Waals surface area contributed by atoms with E-state index in [4.69, 9.17) is 25.8 Å². The van der Waals surface area contributed by atoms with Crippen molar-refractivity contribution in [3.8, 4) is 11.5 Å². The van der Waals surface area contributed by atoms with Crippen molar-refractivity contribution in [3.63, 3.8) is 0 Å². The van der Waals surface area contributed by atoms with Crippen LogP contribution in [-0.4, -0.2) is 31.7 Å². The van der Waals surface area contributed by atoms with Gasteiger partial charge in [-0.3, -0.25) is 4.79 Å². The minimum absolute atomic E-state index is 0.0568. The lowest BCUT2D eigenvalue weighted by Gasteiger charge is -2.26. The zero-order valence-electron chi connectivity index (χ0n) is 15.9. The number of carbonyl (C=O) groups is 2. The Hall–Kier alpha value is -2.73. The van der Waals surface area contributed by atoms with Crippen LogP contribution in [0.2, 0.25) is 5.02 Å². The van der Waals surface area contributed by atoms with Crippen LogP contribution in [0, 0.1) is 0 Å². The third-order valence-electron chi connectivity index (χ3n) is 5.08. The summed E-state index contributed by atoms with van der Waals surface area (Å²) in [5, 5.41) is 3.24. The number of amides is 1. The molecule has 29 heavy (non-hydrogen) atoms. The summed E-state index contributed by atoms with van der Waals surface area (Å²) in [6, 6.07) is 11.0.